The maximum absolute atomic E-state index is 5.65. The van der Waals surface area contributed by atoms with Crippen LogP contribution in [0.2, 0.25) is 0 Å². The van der Waals surface area contributed by atoms with Crippen LogP contribution in [0.25, 0.3) is 5.65 Å². The van der Waals surface area contributed by atoms with E-state index in [1.165, 1.54) is 5.56 Å². The van der Waals surface area contributed by atoms with Crippen molar-refractivity contribution in [2.45, 2.75) is 19.8 Å². The minimum absolute atomic E-state index is 0.0526. The van der Waals surface area contributed by atoms with E-state index in [-0.39, 0.29) is 5.92 Å². The van der Waals surface area contributed by atoms with E-state index in [9.17, 15) is 0 Å². The molecule has 0 saturated carbocycles. The molecular weight excluding hydrogens is 206 g/mol. The molecule has 2 N–H and O–H groups in total. The van der Waals surface area contributed by atoms with E-state index in [1.807, 2.05) is 35.9 Å². The van der Waals surface area contributed by atoms with Crippen LogP contribution in [-0.2, 0) is 0 Å². The highest BCUT2D eigenvalue weighted by atomic mass is 32.1. The Morgan fingerprint density at radius 1 is 1.53 bits per heavy atom. The lowest BCUT2D eigenvalue weighted by Crippen LogP contribution is -2.17. The first-order valence-electron chi connectivity index (χ1n) is 4.82. The first-order chi connectivity index (χ1) is 7.09. The van der Waals surface area contributed by atoms with Crippen LogP contribution >= 0.6 is 12.2 Å². The number of imidazole rings is 1. The summed E-state index contributed by atoms with van der Waals surface area (Å²) in [5.41, 5.74) is 8.81. The molecule has 2 rings (SSSR count). The summed E-state index contributed by atoms with van der Waals surface area (Å²) in [5.74, 6) is 0.0526. The molecule has 15 heavy (non-hydrogen) atoms. The molecule has 0 spiro atoms. The smallest absolute Gasteiger partial charge is 0.136 e. The fourth-order valence-electron chi connectivity index (χ4n) is 1.57. The molecule has 0 aromatic carbocycles. The van der Waals surface area contributed by atoms with E-state index in [4.69, 9.17) is 18.0 Å². The van der Waals surface area contributed by atoms with E-state index in [2.05, 4.69) is 11.9 Å². The van der Waals surface area contributed by atoms with E-state index < -0.39 is 0 Å². The monoisotopic (exact) mass is 219 g/mol. The topological polar surface area (TPSA) is 43.3 Å². The minimum atomic E-state index is 0.0526. The highest BCUT2D eigenvalue weighted by molar-refractivity contribution is 7.80. The Balaban J connectivity index is 2.61. The van der Waals surface area contributed by atoms with Crippen LogP contribution in [0.5, 0.6) is 0 Å². The van der Waals surface area contributed by atoms with E-state index in [1.54, 1.807) is 0 Å². The molecule has 0 aliphatic rings. The van der Waals surface area contributed by atoms with Gasteiger partial charge in [0.2, 0.25) is 0 Å². The molecule has 4 heteroatoms. The van der Waals surface area contributed by atoms with Gasteiger partial charge in [-0.15, -0.1) is 0 Å². The number of hydrogen-bond acceptors (Lipinski definition) is 2. The summed E-state index contributed by atoms with van der Waals surface area (Å²) < 4.78 is 2.04. The van der Waals surface area contributed by atoms with Crippen molar-refractivity contribution in [2.24, 2.45) is 5.73 Å². The second kappa shape index (κ2) is 3.62. The van der Waals surface area contributed by atoms with E-state index >= 15 is 0 Å². The molecule has 1 unspecified atom stereocenters. The SMILES string of the molecule is Cc1ccc2ncc(C(C)C(N)=S)n2c1. The normalized spacial score (nSPS) is 12.9. The van der Waals surface area contributed by atoms with Crippen molar-refractivity contribution in [3.8, 4) is 0 Å². The highest BCUT2D eigenvalue weighted by Crippen LogP contribution is 2.17. The van der Waals surface area contributed by atoms with Gasteiger partial charge in [-0.05, 0) is 18.6 Å². The summed E-state index contributed by atoms with van der Waals surface area (Å²) in [5, 5.41) is 0. The fraction of sp³-hybridized carbons (Fsp3) is 0.273. The van der Waals surface area contributed by atoms with E-state index in [0.29, 0.717) is 4.99 Å². The number of nitrogens with zero attached hydrogens (tertiary/aromatic N) is 2. The van der Waals surface area contributed by atoms with Gasteiger partial charge in [0.15, 0.2) is 0 Å². The number of fused-ring (bicyclic) bond motifs is 1. The number of aryl methyl sites for hydroxylation is 1. The van der Waals surface area contributed by atoms with Crippen molar-refractivity contribution < 1.29 is 0 Å². The first kappa shape index (κ1) is 10.1. The van der Waals surface area contributed by atoms with Gasteiger partial charge in [-0.25, -0.2) is 4.98 Å². The molecule has 0 saturated heterocycles. The number of nitrogens with two attached hydrogens (primary N) is 1. The second-order valence-corrected chi connectivity index (χ2v) is 4.21. The molecule has 78 valence electrons. The average Bonchev–Trinajstić information content (AvgIpc) is 2.59. The van der Waals surface area contributed by atoms with Gasteiger partial charge in [-0.1, -0.05) is 25.2 Å². The third-order valence-electron chi connectivity index (χ3n) is 2.55. The zero-order valence-corrected chi connectivity index (χ0v) is 9.58. The average molecular weight is 219 g/mol. The van der Waals surface area contributed by atoms with Crippen molar-refractivity contribution >= 4 is 22.9 Å². The van der Waals surface area contributed by atoms with Gasteiger partial charge in [0, 0.05) is 18.3 Å². The Kier molecular flexibility index (Phi) is 2.44. The number of aromatic nitrogens is 2. The standard InChI is InChI=1S/C11H13N3S/c1-7-3-4-10-13-5-9(14(10)6-7)8(2)11(12)15/h3-6,8H,1-2H3,(H2,12,15). The summed E-state index contributed by atoms with van der Waals surface area (Å²) >= 11 is 5.00. The molecule has 2 heterocycles. The van der Waals surface area contributed by atoms with Crippen LogP contribution in [0.1, 0.15) is 24.1 Å². The van der Waals surface area contributed by atoms with Crippen molar-refractivity contribution in [3.05, 3.63) is 35.8 Å². The van der Waals surface area contributed by atoms with Gasteiger partial charge in [0.05, 0.1) is 10.7 Å². The number of thiocarbonyl (C=S) groups is 1. The van der Waals surface area contributed by atoms with Gasteiger partial charge in [-0.3, -0.25) is 0 Å². The lowest BCUT2D eigenvalue weighted by molar-refractivity contribution is 0.924. The van der Waals surface area contributed by atoms with Gasteiger partial charge < -0.3 is 10.1 Å². The Bertz CT molecular complexity index is 516. The highest BCUT2D eigenvalue weighted by Gasteiger charge is 2.13. The maximum atomic E-state index is 5.65. The molecule has 2 aromatic heterocycles. The van der Waals surface area contributed by atoms with Gasteiger partial charge in [0.1, 0.15) is 5.65 Å². The molecule has 3 nitrogen and oxygen atoms in total. The van der Waals surface area contributed by atoms with Crippen molar-refractivity contribution in [1.29, 1.82) is 0 Å². The molecule has 0 bridgehead atoms. The van der Waals surface area contributed by atoms with Crippen molar-refractivity contribution in [1.82, 2.24) is 9.38 Å². The van der Waals surface area contributed by atoms with Crippen LogP contribution in [0, 0.1) is 6.92 Å². The third kappa shape index (κ3) is 1.72. The van der Waals surface area contributed by atoms with Crippen LogP contribution < -0.4 is 5.73 Å². The zero-order valence-electron chi connectivity index (χ0n) is 8.77. The van der Waals surface area contributed by atoms with Crippen molar-refractivity contribution in [3.63, 3.8) is 0 Å². The zero-order chi connectivity index (χ0) is 11.0. The first-order valence-corrected chi connectivity index (χ1v) is 5.23. The van der Waals surface area contributed by atoms with Crippen molar-refractivity contribution in [2.75, 3.05) is 0 Å². The predicted octanol–water partition coefficient (Wildman–Crippen LogP) is 2.03. The molecule has 1 atom stereocenters. The van der Waals surface area contributed by atoms with Crippen LogP contribution in [0.4, 0.5) is 0 Å². The molecule has 0 amide bonds. The summed E-state index contributed by atoms with van der Waals surface area (Å²) in [4.78, 5) is 4.81. The Labute approximate surface area is 93.9 Å². The quantitative estimate of drug-likeness (QED) is 0.786. The molecule has 0 aliphatic carbocycles. The van der Waals surface area contributed by atoms with Crippen LogP contribution in [-0.4, -0.2) is 14.4 Å². The van der Waals surface area contributed by atoms with E-state index in [0.717, 1.165) is 11.3 Å². The lowest BCUT2D eigenvalue weighted by Gasteiger charge is -2.09. The van der Waals surface area contributed by atoms with Gasteiger partial charge in [0.25, 0.3) is 0 Å². The number of rotatable bonds is 2. The molecule has 2 aromatic rings. The Hall–Kier alpha value is -1.42. The molecule has 0 aliphatic heterocycles. The maximum Gasteiger partial charge on any atom is 0.136 e. The van der Waals surface area contributed by atoms with Crippen LogP contribution in [0.3, 0.4) is 0 Å². The summed E-state index contributed by atoms with van der Waals surface area (Å²) in [6, 6.07) is 4.03. The predicted molar refractivity (Wildman–Crippen MR) is 65.1 cm³/mol. The molecule has 0 fully saturated rings. The Morgan fingerprint density at radius 2 is 2.27 bits per heavy atom. The van der Waals surface area contributed by atoms with Gasteiger partial charge >= 0.3 is 0 Å². The number of hydrogen-bond donors (Lipinski definition) is 1. The summed E-state index contributed by atoms with van der Waals surface area (Å²) in [6.07, 6.45) is 3.88. The summed E-state index contributed by atoms with van der Waals surface area (Å²) in [6.45, 7) is 4.04. The van der Waals surface area contributed by atoms with Crippen LogP contribution in [0.15, 0.2) is 24.5 Å². The molecule has 0 radical (unpaired) electrons. The largest absolute Gasteiger partial charge is 0.393 e. The second-order valence-electron chi connectivity index (χ2n) is 3.74. The minimum Gasteiger partial charge on any atom is -0.393 e. The number of pyridine rings is 1. The Morgan fingerprint density at radius 3 is 2.93 bits per heavy atom. The lowest BCUT2D eigenvalue weighted by atomic mass is 10.1. The third-order valence-corrected chi connectivity index (χ3v) is 2.91. The molecular formula is C11H13N3S. The van der Waals surface area contributed by atoms with Gasteiger partial charge in [-0.2, -0.15) is 0 Å². The fourth-order valence-corrected chi connectivity index (χ4v) is 1.69. The summed E-state index contributed by atoms with van der Waals surface area (Å²) in [7, 11) is 0.